The molecule has 1 aliphatic heterocycles. The third kappa shape index (κ3) is 4.23. The molecule has 1 aromatic rings. The molecule has 1 fully saturated rings. The monoisotopic (exact) mass is 348 g/mol. The quantitative estimate of drug-likeness (QED) is 0.604. The Morgan fingerprint density at radius 1 is 1.29 bits per heavy atom. The van der Waals surface area contributed by atoms with Crippen molar-refractivity contribution in [3.8, 4) is 0 Å². The van der Waals surface area contributed by atoms with Crippen molar-refractivity contribution in [2.75, 3.05) is 6.54 Å². The molecule has 5 nitrogen and oxygen atoms in total. The topological polar surface area (TPSA) is 67.3 Å². The molecule has 6 heteroatoms. The van der Waals surface area contributed by atoms with Crippen LogP contribution in [-0.4, -0.2) is 39.3 Å². The molecule has 1 saturated heterocycles. The van der Waals surface area contributed by atoms with E-state index in [9.17, 15) is 14.4 Å². The van der Waals surface area contributed by atoms with Crippen LogP contribution in [0.5, 0.6) is 0 Å². The first-order valence-electron chi connectivity index (χ1n) is 8.35. The second kappa shape index (κ2) is 7.92. The van der Waals surface area contributed by atoms with Crippen molar-refractivity contribution in [3.63, 3.8) is 0 Å². The van der Waals surface area contributed by atoms with E-state index in [4.69, 9.17) is 0 Å². The SMILES string of the molecule is CCC(C)(C)C(=O)C(=O)N1CCCC[C@H]1C(=O)Sc1ccccn1. The van der Waals surface area contributed by atoms with Crippen LogP contribution < -0.4 is 0 Å². The van der Waals surface area contributed by atoms with Gasteiger partial charge in [-0.25, -0.2) is 4.98 Å². The van der Waals surface area contributed by atoms with Crippen LogP contribution in [0, 0.1) is 5.41 Å². The highest BCUT2D eigenvalue weighted by atomic mass is 32.2. The average Bonchev–Trinajstić information content (AvgIpc) is 2.61. The van der Waals surface area contributed by atoms with Crippen molar-refractivity contribution in [2.45, 2.75) is 57.5 Å². The zero-order valence-electron chi connectivity index (χ0n) is 14.4. The molecule has 1 amide bonds. The Bertz CT molecular complexity index is 616. The van der Waals surface area contributed by atoms with E-state index in [1.807, 2.05) is 13.0 Å². The molecule has 1 atom stereocenters. The lowest BCUT2D eigenvalue weighted by atomic mass is 9.84. The molecule has 0 unspecified atom stereocenters. The van der Waals surface area contributed by atoms with E-state index in [1.54, 1.807) is 32.2 Å². The number of pyridine rings is 1. The fourth-order valence-electron chi connectivity index (χ4n) is 2.58. The van der Waals surface area contributed by atoms with Crippen molar-refractivity contribution >= 4 is 28.6 Å². The number of Topliss-reactive ketones (excluding diaryl/α,β-unsaturated/α-hetero) is 1. The van der Waals surface area contributed by atoms with Gasteiger partial charge in [-0.2, -0.15) is 0 Å². The van der Waals surface area contributed by atoms with Gasteiger partial charge in [0.2, 0.25) is 10.9 Å². The summed E-state index contributed by atoms with van der Waals surface area (Å²) < 4.78 is 0. The molecule has 0 aliphatic carbocycles. The molecule has 0 aromatic carbocycles. The van der Waals surface area contributed by atoms with Crippen LogP contribution in [0.2, 0.25) is 0 Å². The molecule has 1 aromatic heterocycles. The zero-order valence-corrected chi connectivity index (χ0v) is 15.3. The van der Waals surface area contributed by atoms with Crippen LogP contribution in [0.25, 0.3) is 0 Å². The number of nitrogens with zero attached hydrogens (tertiary/aromatic N) is 2. The number of amides is 1. The Morgan fingerprint density at radius 3 is 2.67 bits per heavy atom. The molecular formula is C18H24N2O3S. The number of carbonyl (C=O) groups is 3. The zero-order chi connectivity index (χ0) is 17.7. The van der Waals surface area contributed by atoms with E-state index in [-0.39, 0.29) is 5.12 Å². The molecule has 0 saturated carbocycles. The molecule has 2 rings (SSSR count). The highest BCUT2D eigenvalue weighted by molar-refractivity contribution is 8.13. The number of thioether (sulfide) groups is 1. The van der Waals surface area contributed by atoms with Gasteiger partial charge >= 0.3 is 0 Å². The minimum absolute atomic E-state index is 0.121. The Kier molecular flexibility index (Phi) is 6.15. The van der Waals surface area contributed by atoms with Gasteiger partial charge < -0.3 is 4.90 Å². The van der Waals surface area contributed by atoms with Crippen molar-refractivity contribution in [1.29, 1.82) is 0 Å². The molecule has 130 valence electrons. The molecule has 0 bridgehead atoms. The van der Waals surface area contributed by atoms with E-state index >= 15 is 0 Å². The second-order valence-electron chi connectivity index (χ2n) is 6.67. The van der Waals surface area contributed by atoms with E-state index < -0.39 is 23.1 Å². The molecular weight excluding hydrogens is 324 g/mol. The fraction of sp³-hybridized carbons (Fsp3) is 0.556. The first-order chi connectivity index (χ1) is 11.4. The van der Waals surface area contributed by atoms with Gasteiger partial charge in [0.1, 0.15) is 11.1 Å². The summed E-state index contributed by atoms with van der Waals surface area (Å²) in [6.07, 6.45) is 4.53. The van der Waals surface area contributed by atoms with Crippen molar-refractivity contribution in [2.24, 2.45) is 5.41 Å². The summed E-state index contributed by atoms with van der Waals surface area (Å²) in [5, 5.41) is 0.490. The number of aromatic nitrogens is 1. The van der Waals surface area contributed by atoms with Crippen LogP contribution in [0.1, 0.15) is 46.5 Å². The largest absolute Gasteiger partial charge is 0.325 e. The minimum Gasteiger partial charge on any atom is -0.325 e. The molecule has 0 radical (unpaired) electrons. The van der Waals surface area contributed by atoms with Crippen molar-refractivity contribution in [3.05, 3.63) is 24.4 Å². The number of rotatable bonds is 5. The maximum Gasteiger partial charge on any atom is 0.291 e. The van der Waals surface area contributed by atoms with Gasteiger partial charge in [-0.15, -0.1) is 0 Å². The van der Waals surface area contributed by atoms with E-state index in [1.165, 1.54) is 4.90 Å². The summed E-state index contributed by atoms with van der Waals surface area (Å²) in [5.41, 5.74) is -0.698. The smallest absolute Gasteiger partial charge is 0.291 e. The lowest BCUT2D eigenvalue weighted by molar-refractivity contribution is -0.152. The van der Waals surface area contributed by atoms with E-state index in [2.05, 4.69) is 4.98 Å². The number of carbonyl (C=O) groups excluding carboxylic acids is 3. The predicted octanol–water partition coefficient (Wildman–Crippen LogP) is 3.09. The maximum absolute atomic E-state index is 12.7. The number of piperidine rings is 1. The Labute approximate surface area is 147 Å². The summed E-state index contributed by atoms with van der Waals surface area (Å²) in [6.45, 7) is 5.90. The van der Waals surface area contributed by atoms with Crippen LogP contribution >= 0.6 is 11.8 Å². The summed E-state index contributed by atoms with van der Waals surface area (Å²) in [4.78, 5) is 43.4. The first kappa shape index (κ1) is 18.6. The van der Waals surface area contributed by atoms with Crippen molar-refractivity contribution in [1.82, 2.24) is 9.88 Å². The van der Waals surface area contributed by atoms with Crippen molar-refractivity contribution < 1.29 is 14.4 Å². The molecule has 1 aliphatic rings. The normalized spacial score (nSPS) is 18.3. The Balaban J connectivity index is 2.14. The van der Waals surface area contributed by atoms with Gasteiger partial charge in [0.25, 0.3) is 5.91 Å². The third-order valence-electron chi connectivity index (χ3n) is 4.57. The number of hydrogen-bond donors (Lipinski definition) is 0. The fourth-order valence-corrected chi connectivity index (χ4v) is 3.43. The lowest BCUT2D eigenvalue weighted by Crippen LogP contribution is -2.52. The average molecular weight is 348 g/mol. The summed E-state index contributed by atoms with van der Waals surface area (Å²) in [7, 11) is 0. The second-order valence-corrected chi connectivity index (χ2v) is 7.69. The third-order valence-corrected chi connectivity index (χ3v) is 5.50. The molecule has 0 N–H and O–H groups in total. The van der Waals surface area contributed by atoms with Crippen LogP contribution in [0.15, 0.2) is 29.4 Å². The molecule has 2 heterocycles. The van der Waals surface area contributed by atoms with E-state index in [0.29, 0.717) is 24.4 Å². The summed E-state index contributed by atoms with van der Waals surface area (Å²) in [5.74, 6) is -0.936. The summed E-state index contributed by atoms with van der Waals surface area (Å²) >= 11 is 1.04. The van der Waals surface area contributed by atoms with Gasteiger partial charge in [-0.1, -0.05) is 26.8 Å². The standard InChI is InChI=1S/C18H24N2O3S/c1-4-18(2,3)15(21)16(22)20-12-8-6-9-13(20)17(23)24-14-10-5-7-11-19-14/h5,7,10-11,13H,4,6,8-9,12H2,1-3H3/t13-/m0/s1. The highest BCUT2D eigenvalue weighted by Crippen LogP contribution is 2.28. The van der Waals surface area contributed by atoms with Gasteiger partial charge in [0.15, 0.2) is 0 Å². The highest BCUT2D eigenvalue weighted by Gasteiger charge is 2.40. The van der Waals surface area contributed by atoms with Gasteiger partial charge in [0, 0.05) is 18.2 Å². The number of hydrogen-bond acceptors (Lipinski definition) is 5. The number of likely N-dealkylation sites (tertiary alicyclic amines) is 1. The summed E-state index contributed by atoms with van der Waals surface area (Å²) in [6, 6.07) is 4.83. The minimum atomic E-state index is -0.698. The Hall–Kier alpha value is -1.69. The first-order valence-corrected chi connectivity index (χ1v) is 9.16. The number of ketones is 1. The van der Waals surface area contributed by atoms with Crippen LogP contribution in [0.3, 0.4) is 0 Å². The van der Waals surface area contributed by atoms with Gasteiger partial charge in [-0.3, -0.25) is 14.4 Å². The molecule has 24 heavy (non-hydrogen) atoms. The van der Waals surface area contributed by atoms with Gasteiger partial charge in [0.05, 0.1) is 0 Å². The molecule has 0 spiro atoms. The lowest BCUT2D eigenvalue weighted by Gasteiger charge is -2.35. The van der Waals surface area contributed by atoms with Gasteiger partial charge in [-0.05, 0) is 49.6 Å². The maximum atomic E-state index is 12.7. The van der Waals surface area contributed by atoms with E-state index in [0.717, 1.165) is 24.6 Å². The Morgan fingerprint density at radius 2 is 2.04 bits per heavy atom. The predicted molar refractivity (Wildman–Crippen MR) is 93.5 cm³/mol. The van der Waals surface area contributed by atoms with Crippen LogP contribution in [-0.2, 0) is 14.4 Å². The van der Waals surface area contributed by atoms with Crippen LogP contribution in [0.4, 0.5) is 0 Å².